The number of aryl methyl sites for hydroxylation is 1. The molecule has 0 aromatic heterocycles. The van der Waals surface area contributed by atoms with Gasteiger partial charge in [-0.3, -0.25) is 0 Å². The highest BCUT2D eigenvalue weighted by atomic mass is 19.3. The van der Waals surface area contributed by atoms with Gasteiger partial charge < -0.3 is 0 Å². The van der Waals surface area contributed by atoms with E-state index >= 15 is 8.78 Å². The maximum Gasteiger partial charge on any atom is 0.279 e. The van der Waals surface area contributed by atoms with Gasteiger partial charge in [0.25, 0.3) is 5.92 Å². The summed E-state index contributed by atoms with van der Waals surface area (Å²) in [6.45, 7) is 5.87. The highest BCUT2D eigenvalue weighted by Crippen LogP contribution is 2.54. The lowest BCUT2D eigenvalue weighted by Gasteiger charge is -2.39. The fourth-order valence-corrected chi connectivity index (χ4v) is 6.35. The van der Waals surface area contributed by atoms with Gasteiger partial charge in [-0.25, -0.2) is 13.2 Å². The van der Waals surface area contributed by atoms with Gasteiger partial charge in [0.2, 0.25) is 0 Å². The molecular formula is C25H33F3. The van der Waals surface area contributed by atoms with E-state index in [0.717, 1.165) is 37.2 Å². The van der Waals surface area contributed by atoms with Gasteiger partial charge in [-0.2, -0.15) is 0 Å². The van der Waals surface area contributed by atoms with Gasteiger partial charge in [-0.1, -0.05) is 19.1 Å². The van der Waals surface area contributed by atoms with Crippen molar-refractivity contribution >= 4 is 0 Å². The molecule has 3 aliphatic carbocycles. The van der Waals surface area contributed by atoms with Gasteiger partial charge in [-0.05, 0) is 105 Å². The van der Waals surface area contributed by atoms with Crippen LogP contribution in [0.4, 0.5) is 13.2 Å². The van der Waals surface area contributed by atoms with Crippen molar-refractivity contribution in [3.05, 3.63) is 47.3 Å². The highest BCUT2D eigenvalue weighted by molar-refractivity contribution is 5.41. The Morgan fingerprint density at radius 3 is 2.11 bits per heavy atom. The Morgan fingerprint density at radius 1 is 0.964 bits per heavy atom. The number of alkyl halides is 2. The molecule has 4 rings (SSSR count). The Hall–Kier alpha value is -1.25. The summed E-state index contributed by atoms with van der Waals surface area (Å²) in [4.78, 5) is 0. The second-order valence-corrected chi connectivity index (χ2v) is 9.48. The molecule has 0 heterocycles. The first-order valence-corrected chi connectivity index (χ1v) is 11.3. The maximum absolute atomic E-state index is 15.2. The lowest BCUT2D eigenvalue weighted by molar-refractivity contribution is -0.0853. The van der Waals surface area contributed by atoms with Crippen LogP contribution in [0.5, 0.6) is 0 Å². The van der Waals surface area contributed by atoms with Crippen LogP contribution < -0.4 is 0 Å². The summed E-state index contributed by atoms with van der Waals surface area (Å²) in [6.07, 6.45) is 12.0. The molecule has 1 atom stereocenters. The van der Waals surface area contributed by atoms with Crippen molar-refractivity contribution in [3.63, 3.8) is 0 Å². The summed E-state index contributed by atoms with van der Waals surface area (Å²) in [5.74, 6) is -2.29. The normalized spacial score (nSPS) is 34.8. The minimum absolute atomic E-state index is 0.0210. The molecule has 0 radical (unpaired) electrons. The van der Waals surface area contributed by atoms with Gasteiger partial charge >= 0.3 is 0 Å². The summed E-state index contributed by atoms with van der Waals surface area (Å²) in [5.41, 5.74) is 1.07. The van der Waals surface area contributed by atoms with Crippen molar-refractivity contribution in [2.75, 3.05) is 0 Å². The van der Waals surface area contributed by atoms with Crippen LogP contribution in [0.25, 0.3) is 0 Å². The monoisotopic (exact) mass is 390 g/mol. The van der Waals surface area contributed by atoms with Crippen molar-refractivity contribution in [1.82, 2.24) is 0 Å². The van der Waals surface area contributed by atoms with Crippen LogP contribution in [-0.4, -0.2) is 0 Å². The van der Waals surface area contributed by atoms with Crippen molar-refractivity contribution < 1.29 is 13.2 Å². The molecule has 2 saturated carbocycles. The zero-order chi connectivity index (χ0) is 19.9. The molecule has 0 aliphatic heterocycles. The van der Waals surface area contributed by atoms with Crippen LogP contribution >= 0.6 is 0 Å². The van der Waals surface area contributed by atoms with Crippen LogP contribution in [0, 0.1) is 35.4 Å². The Labute approximate surface area is 167 Å². The first kappa shape index (κ1) is 20.0. The van der Waals surface area contributed by atoms with Gasteiger partial charge in [-0.15, -0.1) is 6.58 Å². The van der Waals surface area contributed by atoms with E-state index in [0.29, 0.717) is 30.2 Å². The molecule has 1 unspecified atom stereocenters. The lowest BCUT2D eigenvalue weighted by Crippen LogP contribution is -2.33. The minimum Gasteiger partial charge on any atom is -0.206 e. The average Bonchev–Trinajstić information content (AvgIpc) is 2.99. The second kappa shape index (κ2) is 7.88. The van der Waals surface area contributed by atoms with Crippen molar-refractivity contribution in [2.45, 2.75) is 77.1 Å². The molecule has 3 heteroatoms. The SMILES string of the molecule is C=CC1CCC(C2CCC(C3Cc4cc(CC)cc(F)c4C3(F)F)CC2)CC1. The number of benzene rings is 1. The number of hydrogen-bond donors (Lipinski definition) is 0. The number of fused-ring (bicyclic) bond motifs is 1. The molecule has 2 fully saturated rings. The molecule has 154 valence electrons. The lowest BCUT2D eigenvalue weighted by atomic mass is 9.67. The van der Waals surface area contributed by atoms with Gasteiger partial charge in [0.05, 0.1) is 5.56 Å². The molecule has 1 aromatic rings. The van der Waals surface area contributed by atoms with E-state index in [9.17, 15) is 4.39 Å². The third kappa shape index (κ3) is 3.55. The van der Waals surface area contributed by atoms with Gasteiger partial charge in [0.15, 0.2) is 0 Å². The van der Waals surface area contributed by atoms with E-state index in [1.165, 1.54) is 31.7 Å². The van der Waals surface area contributed by atoms with E-state index < -0.39 is 17.7 Å². The molecule has 0 amide bonds. The number of halogens is 3. The molecule has 0 nitrogen and oxygen atoms in total. The first-order valence-electron chi connectivity index (χ1n) is 11.3. The summed E-state index contributed by atoms with van der Waals surface area (Å²) in [6, 6.07) is 3.13. The first-order chi connectivity index (χ1) is 13.4. The van der Waals surface area contributed by atoms with Crippen LogP contribution in [0.15, 0.2) is 24.8 Å². The fourth-order valence-electron chi connectivity index (χ4n) is 6.35. The van der Waals surface area contributed by atoms with Crippen molar-refractivity contribution in [3.8, 4) is 0 Å². The topological polar surface area (TPSA) is 0 Å². The van der Waals surface area contributed by atoms with E-state index in [1.54, 1.807) is 0 Å². The summed E-state index contributed by atoms with van der Waals surface area (Å²) in [7, 11) is 0. The molecule has 0 N–H and O–H groups in total. The van der Waals surface area contributed by atoms with Gasteiger partial charge in [0, 0.05) is 5.92 Å². The Bertz CT molecular complexity index is 707. The second-order valence-electron chi connectivity index (χ2n) is 9.48. The van der Waals surface area contributed by atoms with E-state index in [2.05, 4.69) is 12.7 Å². The van der Waals surface area contributed by atoms with E-state index in [1.807, 2.05) is 13.0 Å². The quantitative estimate of drug-likeness (QED) is 0.468. The molecule has 0 spiro atoms. The average molecular weight is 391 g/mol. The zero-order valence-corrected chi connectivity index (χ0v) is 17.0. The highest BCUT2D eigenvalue weighted by Gasteiger charge is 2.53. The standard InChI is InChI=1S/C25H33F3/c1-3-16-5-7-18(8-6-16)19-9-11-20(12-10-19)22-15-21-13-17(4-2)14-23(26)24(21)25(22,27)28/h3,13-14,16,18-20,22H,1,4-12,15H2,2H3. The Kier molecular flexibility index (Phi) is 5.64. The van der Waals surface area contributed by atoms with Gasteiger partial charge in [0.1, 0.15) is 5.82 Å². The molecule has 1 aromatic carbocycles. The van der Waals surface area contributed by atoms with Crippen LogP contribution in [0.1, 0.15) is 75.0 Å². The molecule has 0 saturated heterocycles. The third-order valence-corrected chi connectivity index (χ3v) is 8.08. The summed E-state index contributed by atoms with van der Waals surface area (Å²) >= 11 is 0. The predicted molar refractivity (Wildman–Crippen MR) is 108 cm³/mol. The minimum atomic E-state index is -3.02. The summed E-state index contributed by atoms with van der Waals surface area (Å²) in [5, 5.41) is 0. The Balaban J connectivity index is 1.41. The largest absolute Gasteiger partial charge is 0.279 e. The van der Waals surface area contributed by atoms with Crippen LogP contribution in [-0.2, 0) is 18.8 Å². The summed E-state index contributed by atoms with van der Waals surface area (Å²) < 4.78 is 44.8. The maximum atomic E-state index is 15.2. The number of rotatable bonds is 4. The third-order valence-electron chi connectivity index (χ3n) is 8.08. The van der Waals surface area contributed by atoms with E-state index in [4.69, 9.17) is 0 Å². The van der Waals surface area contributed by atoms with Crippen LogP contribution in [0.3, 0.4) is 0 Å². The molecule has 3 aliphatic rings. The van der Waals surface area contributed by atoms with Crippen molar-refractivity contribution in [2.24, 2.45) is 29.6 Å². The number of allylic oxidation sites excluding steroid dienone is 1. The molecule has 28 heavy (non-hydrogen) atoms. The smallest absolute Gasteiger partial charge is 0.206 e. The van der Waals surface area contributed by atoms with E-state index in [-0.39, 0.29) is 11.5 Å². The molecular weight excluding hydrogens is 357 g/mol. The van der Waals surface area contributed by atoms with Crippen LogP contribution in [0.2, 0.25) is 0 Å². The fraction of sp³-hybridized carbons (Fsp3) is 0.680. The predicted octanol–water partition coefficient (Wildman–Crippen LogP) is 7.45. The zero-order valence-electron chi connectivity index (χ0n) is 17.0. The molecule has 0 bridgehead atoms. The van der Waals surface area contributed by atoms with Crippen molar-refractivity contribution in [1.29, 1.82) is 0 Å². The number of hydrogen-bond acceptors (Lipinski definition) is 0. The Morgan fingerprint density at radius 2 is 1.54 bits per heavy atom.